The molecular formula is C28H32FN3O4S. The molecule has 0 heterocycles. The fourth-order valence-electron chi connectivity index (χ4n) is 3.68. The normalized spacial score (nSPS) is 12.9. The monoisotopic (exact) mass is 525 g/mol. The summed E-state index contributed by atoms with van der Waals surface area (Å²) in [6.07, 6.45) is 0.721. The predicted molar refractivity (Wildman–Crippen MR) is 142 cm³/mol. The van der Waals surface area contributed by atoms with Gasteiger partial charge in [0.25, 0.3) is 10.0 Å². The molecule has 0 bridgehead atoms. The van der Waals surface area contributed by atoms with Gasteiger partial charge in [-0.25, -0.2) is 12.8 Å². The van der Waals surface area contributed by atoms with Crippen LogP contribution in [0.1, 0.15) is 32.8 Å². The molecule has 0 unspecified atom stereocenters. The molecule has 3 aromatic carbocycles. The molecule has 2 atom stereocenters. The van der Waals surface area contributed by atoms with Crippen LogP contribution in [0, 0.1) is 5.82 Å². The Hall–Kier alpha value is -3.72. The largest absolute Gasteiger partial charge is 0.352 e. The highest BCUT2D eigenvalue weighted by Gasteiger charge is 2.32. The highest BCUT2D eigenvalue weighted by Crippen LogP contribution is 2.25. The molecule has 0 aliphatic rings. The summed E-state index contributed by atoms with van der Waals surface area (Å²) in [6.45, 7) is 4.97. The van der Waals surface area contributed by atoms with Gasteiger partial charge in [0.2, 0.25) is 11.8 Å². The lowest BCUT2D eigenvalue weighted by Gasteiger charge is -2.32. The number of carbonyl (C=O) groups is 2. The van der Waals surface area contributed by atoms with Crippen molar-refractivity contribution in [2.45, 2.75) is 50.7 Å². The molecule has 1 N–H and O–H groups in total. The molecule has 2 amide bonds. The summed E-state index contributed by atoms with van der Waals surface area (Å²) in [4.78, 5) is 28.1. The minimum atomic E-state index is -4.17. The van der Waals surface area contributed by atoms with Gasteiger partial charge < -0.3 is 10.2 Å². The molecule has 0 radical (unpaired) electrons. The van der Waals surface area contributed by atoms with Gasteiger partial charge in [-0.05, 0) is 62.2 Å². The smallest absolute Gasteiger partial charge is 0.264 e. The second kappa shape index (κ2) is 12.5. The van der Waals surface area contributed by atoms with Gasteiger partial charge in [0, 0.05) is 12.6 Å². The van der Waals surface area contributed by atoms with Crippen molar-refractivity contribution in [1.29, 1.82) is 0 Å². The zero-order valence-electron chi connectivity index (χ0n) is 21.2. The van der Waals surface area contributed by atoms with E-state index in [1.54, 1.807) is 25.1 Å². The molecule has 196 valence electrons. The Labute approximate surface area is 218 Å². The van der Waals surface area contributed by atoms with Crippen LogP contribution in [0.3, 0.4) is 0 Å². The number of carbonyl (C=O) groups excluding carboxylic acids is 2. The summed E-state index contributed by atoms with van der Waals surface area (Å²) in [5, 5.41) is 2.89. The maximum Gasteiger partial charge on any atom is 0.264 e. The number of benzene rings is 3. The Balaban J connectivity index is 1.99. The Morgan fingerprint density at radius 3 is 2.03 bits per heavy atom. The van der Waals surface area contributed by atoms with Crippen molar-refractivity contribution in [1.82, 2.24) is 10.2 Å². The van der Waals surface area contributed by atoms with Crippen molar-refractivity contribution >= 4 is 27.5 Å². The second-order valence-electron chi connectivity index (χ2n) is 8.80. The maximum atomic E-state index is 13.7. The first-order chi connectivity index (χ1) is 17.6. The highest BCUT2D eigenvalue weighted by atomic mass is 32.2. The Kier molecular flexibility index (Phi) is 9.41. The lowest BCUT2D eigenvalue weighted by Crippen LogP contribution is -2.52. The van der Waals surface area contributed by atoms with Gasteiger partial charge in [0.05, 0.1) is 10.6 Å². The number of nitrogens with zero attached hydrogens (tertiary/aromatic N) is 2. The third kappa shape index (κ3) is 7.16. The van der Waals surface area contributed by atoms with Gasteiger partial charge in [-0.15, -0.1) is 0 Å². The van der Waals surface area contributed by atoms with Crippen LogP contribution in [0.2, 0.25) is 0 Å². The standard InChI is InChI=1S/C28H32FN3O4S/c1-4-21(2)30-28(34)22(3)31(19-23-11-7-5-8-12-23)27(33)20-32(25-17-15-24(29)16-18-25)37(35,36)26-13-9-6-10-14-26/h5-18,21-22H,4,19-20H2,1-3H3,(H,30,34)/t21-,22-/m0/s1. The average Bonchev–Trinajstić information content (AvgIpc) is 2.91. The first-order valence-corrected chi connectivity index (χ1v) is 13.5. The van der Waals surface area contributed by atoms with Crippen molar-refractivity contribution in [3.63, 3.8) is 0 Å². The number of halogens is 1. The first kappa shape index (κ1) is 27.9. The average molecular weight is 526 g/mol. The van der Waals surface area contributed by atoms with E-state index in [1.807, 2.05) is 44.2 Å². The Bertz CT molecular complexity index is 1290. The molecular weight excluding hydrogens is 493 g/mol. The summed E-state index contributed by atoms with van der Waals surface area (Å²) in [6, 6.07) is 20.8. The van der Waals surface area contributed by atoms with Crippen molar-refractivity contribution in [3.8, 4) is 0 Å². The van der Waals surface area contributed by atoms with E-state index in [0.29, 0.717) is 0 Å². The van der Waals surface area contributed by atoms with Gasteiger partial charge in [-0.1, -0.05) is 55.5 Å². The Morgan fingerprint density at radius 2 is 1.46 bits per heavy atom. The third-order valence-corrected chi connectivity index (χ3v) is 7.88. The van der Waals surface area contributed by atoms with E-state index in [2.05, 4.69) is 5.32 Å². The van der Waals surface area contributed by atoms with Gasteiger partial charge in [-0.3, -0.25) is 13.9 Å². The molecule has 0 spiro atoms. The Morgan fingerprint density at radius 1 is 0.892 bits per heavy atom. The van der Waals surface area contributed by atoms with Crippen LogP contribution in [0.4, 0.5) is 10.1 Å². The molecule has 3 rings (SSSR count). The minimum Gasteiger partial charge on any atom is -0.352 e. The van der Waals surface area contributed by atoms with E-state index in [9.17, 15) is 22.4 Å². The van der Waals surface area contributed by atoms with E-state index in [0.717, 1.165) is 28.4 Å². The number of anilines is 1. The predicted octanol–water partition coefficient (Wildman–Crippen LogP) is 4.35. The van der Waals surface area contributed by atoms with Gasteiger partial charge in [0.1, 0.15) is 18.4 Å². The molecule has 9 heteroatoms. The number of sulfonamides is 1. The van der Waals surface area contributed by atoms with Crippen LogP contribution in [-0.4, -0.2) is 43.8 Å². The third-order valence-electron chi connectivity index (χ3n) is 6.09. The zero-order chi connectivity index (χ0) is 27.0. The van der Waals surface area contributed by atoms with Crippen molar-refractivity contribution in [2.24, 2.45) is 0 Å². The SMILES string of the molecule is CC[C@H](C)NC(=O)[C@H](C)N(Cc1ccccc1)C(=O)CN(c1ccc(F)cc1)S(=O)(=O)c1ccccc1. The lowest BCUT2D eigenvalue weighted by molar-refractivity contribution is -0.139. The minimum absolute atomic E-state index is 0.00991. The van der Waals surface area contributed by atoms with Crippen molar-refractivity contribution in [3.05, 3.63) is 96.3 Å². The van der Waals surface area contributed by atoms with Crippen LogP contribution in [-0.2, 0) is 26.2 Å². The summed E-state index contributed by atoms with van der Waals surface area (Å²) >= 11 is 0. The molecule has 0 aliphatic heterocycles. The number of nitrogens with one attached hydrogen (secondary N) is 1. The molecule has 0 aliphatic carbocycles. The number of rotatable bonds is 11. The fraction of sp³-hybridized carbons (Fsp3) is 0.286. The van der Waals surface area contributed by atoms with E-state index in [4.69, 9.17) is 0 Å². The fourth-order valence-corrected chi connectivity index (χ4v) is 5.12. The maximum absolute atomic E-state index is 13.7. The van der Waals surface area contributed by atoms with E-state index >= 15 is 0 Å². The van der Waals surface area contributed by atoms with E-state index < -0.39 is 34.3 Å². The summed E-state index contributed by atoms with van der Waals surface area (Å²) in [5.41, 5.74) is 0.924. The van der Waals surface area contributed by atoms with Crippen LogP contribution in [0.5, 0.6) is 0 Å². The van der Waals surface area contributed by atoms with Gasteiger partial charge in [-0.2, -0.15) is 0 Å². The summed E-state index contributed by atoms with van der Waals surface area (Å²) < 4.78 is 41.8. The lowest BCUT2D eigenvalue weighted by atomic mass is 10.1. The topological polar surface area (TPSA) is 86.8 Å². The molecule has 37 heavy (non-hydrogen) atoms. The molecule has 7 nitrogen and oxygen atoms in total. The molecule has 0 saturated heterocycles. The zero-order valence-corrected chi connectivity index (χ0v) is 22.0. The van der Waals surface area contributed by atoms with E-state index in [1.165, 1.54) is 29.2 Å². The molecule has 0 fully saturated rings. The van der Waals surface area contributed by atoms with Crippen molar-refractivity contribution in [2.75, 3.05) is 10.8 Å². The summed E-state index contributed by atoms with van der Waals surface area (Å²) in [7, 11) is -4.17. The highest BCUT2D eigenvalue weighted by molar-refractivity contribution is 7.92. The molecule has 3 aromatic rings. The van der Waals surface area contributed by atoms with Crippen LogP contribution < -0.4 is 9.62 Å². The van der Waals surface area contributed by atoms with Crippen LogP contribution >= 0.6 is 0 Å². The molecule has 0 saturated carbocycles. The second-order valence-corrected chi connectivity index (χ2v) is 10.7. The molecule has 0 aromatic heterocycles. The quantitative estimate of drug-likeness (QED) is 0.403. The summed E-state index contributed by atoms with van der Waals surface area (Å²) in [5.74, 6) is -1.44. The van der Waals surface area contributed by atoms with Gasteiger partial charge >= 0.3 is 0 Å². The van der Waals surface area contributed by atoms with Crippen LogP contribution in [0.15, 0.2) is 89.8 Å². The number of hydrogen-bond donors (Lipinski definition) is 1. The number of hydrogen-bond acceptors (Lipinski definition) is 4. The van der Waals surface area contributed by atoms with Gasteiger partial charge in [0.15, 0.2) is 0 Å². The van der Waals surface area contributed by atoms with E-state index in [-0.39, 0.29) is 29.1 Å². The number of amides is 2. The van der Waals surface area contributed by atoms with Crippen LogP contribution in [0.25, 0.3) is 0 Å². The first-order valence-electron chi connectivity index (χ1n) is 12.1. The van der Waals surface area contributed by atoms with Crippen molar-refractivity contribution < 1.29 is 22.4 Å².